The minimum absolute atomic E-state index is 0.603. The predicted octanol–water partition coefficient (Wildman–Crippen LogP) is 2.28. The Morgan fingerprint density at radius 1 is 1.50 bits per heavy atom. The van der Waals surface area contributed by atoms with Gasteiger partial charge in [-0.1, -0.05) is 19.8 Å². The van der Waals surface area contributed by atoms with Crippen LogP contribution in [-0.2, 0) is 4.74 Å². The Bertz CT molecular complexity index is 128. The summed E-state index contributed by atoms with van der Waals surface area (Å²) in [6, 6.07) is 0. The van der Waals surface area contributed by atoms with Gasteiger partial charge < -0.3 is 4.74 Å². The lowest BCUT2D eigenvalue weighted by molar-refractivity contribution is 0.193. The number of hydrogen-bond donors (Lipinski definition) is 0. The minimum atomic E-state index is 0.603. The van der Waals surface area contributed by atoms with Crippen molar-refractivity contribution in [2.45, 2.75) is 32.6 Å². The van der Waals surface area contributed by atoms with Crippen LogP contribution in [0.5, 0.6) is 0 Å². The molecule has 2 nitrogen and oxygen atoms in total. The van der Waals surface area contributed by atoms with Gasteiger partial charge in [0.2, 0.25) is 0 Å². The lowest BCUT2D eigenvalue weighted by Gasteiger charge is -1.97. The topological polar surface area (TPSA) is 21.6 Å². The lowest BCUT2D eigenvalue weighted by Crippen LogP contribution is -2.00. The number of aliphatic imine (C=N–C) groups is 1. The van der Waals surface area contributed by atoms with Crippen LogP contribution in [0.25, 0.3) is 0 Å². The Hall–Kier alpha value is -0.370. The second-order valence-electron chi connectivity index (χ2n) is 3.39. The summed E-state index contributed by atoms with van der Waals surface area (Å²) in [5, 5.41) is 0. The van der Waals surface area contributed by atoms with Crippen molar-refractivity contribution in [3.63, 3.8) is 0 Å². The van der Waals surface area contributed by atoms with Crippen molar-refractivity contribution in [1.82, 2.24) is 0 Å². The van der Waals surface area contributed by atoms with Crippen molar-refractivity contribution in [3.05, 3.63) is 0 Å². The molecule has 1 heterocycles. The Morgan fingerprint density at radius 2 is 2.42 bits per heavy atom. The summed E-state index contributed by atoms with van der Waals surface area (Å²) in [7, 11) is 0. The molecule has 1 aliphatic heterocycles. The first-order valence-electron chi connectivity index (χ1n) is 5.01. The molecule has 1 aliphatic rings. The maximum Gasteiger partial charge on any atom is 0.0544 e. The maximum atomic E-state index is 5.24. The summed E-state index contributed by atoms with van der Waals surface area (Å²) in [6.45, 7) is 5.03. The Morgan fingerprint density at radius 3 is 3.08 bits per heavy atom. The molecule has 0 aliphatic carbocycles. The van der Waals surface area contributed by atoms with Crippen molar-refractivity contribution in [2.75, 3.05) is 19.8 Å². The van der Waals surface area contributed by atoms with Gasteiger partial charge in [0.25, 0.3) is 0 Å². The number of hydrogen-bond acceptors (Lipinski definition) is 2. The van der Waals surface area contributed by atoms with E-state index < -0.39 is 0 Å². The largest absolute Gasteiger partial charge is 0.381 e. The fourth-order valence-electron chi connectivity index (χ4n) is 1.35. The van der Waals surface area contributed by atoms with Crippen LogP contribution < -0.4 is 0 Å². The van der Waals surface area contributed by atoms with Crippen LogP contribution in [0.3, 0.4) is 0 Å². The molecule has 0 spiro atoms. The molecule has 1 rings (SSSR count). The van der Waals surface area contributed by atoms with Gasteiger partial charge in [-0.25, -0.2) is 0 Å². The van der Waals surface area contributed by atoms with Gasteiger partial charge in [0.15, 0.2) is 0 Å². The molecular formula is C10H19NO. The summed E-state index contributed by atoms with van der Waals surface area (Å²) < 4.78 is 5.24. The molecular weight excluding hydrogens is 150 g/mol. The zero-order chi connectivity index (χ0) is 8.65. The number of unbranched alkanes of at least 4 members (excludes halogenated alkanes) is 2. The highest BCUT2D eigenvalue weighted by atomic mass is 16.5. The van der Waals surface area contributed by atoms with Crippen LogP contribution in [0, 0.1) is 5.92 Å². The van der Waals surface area contributed by atoms with Gasteiger partial charge in [-0.15, -0.1) is 0 Å². The molecule has 0 radical (unpaired) electrons. The zero-order valence-corrected chi connectivity index (χ0v) is 7.96. The third-order valence-electron chi connectivity index (χ3n) is 2.17. The van der Waals surface area contributed by atoms with E-state index in [9.17, 15) is 0 Å². The molecule has 0 aromatic heterocycles. The minimum Gasteiger partial charge on any atom is -0.381 e. The predicted molar refractivity (Wildman–Crippen MR) is 51.8 cm³/mol. The average Bonchev–Trinajstić information content (AvgIpc) is 2.57. The van der Waals surface area contributed by atoms with Gasteiger partial charge >= 0.3 is 0 Å². The first-order valence-corrected chi connectivity index (χ1v) is 5.01. The fourth-order valence-corrected chi connectivity index (χ4v) is 1.35. The second kappa shape index (κ2) is 6.18. The molecule has 0 aromatic carbocycles. The molecule has 0 aromatic rings. The first kappa shape index (κ1) is 9.72. The molecule has 0 saturated carbocycles. The van der Waals surface area contributed by atoms with Crippen molar-refractivity contribution in [3.8, 4) is 0 Å². The SMILES string of the molecule is CCCCCN=CC1CCOC1. The van der Waals surface area contributed by atoms with Crippen LogP contribution >= 0.6 is 0 Å². The van der Waals surface area contributed by atoms with Gasteiger partial charge in [0.05, 0.1) is 6.61 Å². The smallest absolute Gasteiger partial charge is 0.0544 e. The van der Waals surface area contributed by atoms with Crippen molar-refractivity contribution in [2.24, 2.45) is 10.9 Å². The Kier molecular flexibility index (Phi) is 5.00. The van der Waals surface area contributed by atoms with Crippen LogP contribution in [0.15, 0.2) is 4.99 Å². The highest BCUT2D eigenvalue weighted by Gasteiger charge is 2.11. The summed E-state index contributed by atoms with van der Waals surface area (Å²) in [5.74, 6) is 0.603. The van der Waals surface area contributed by atoms with Gasteiger partial charge in [-0.05, 0) is 12.8 Å². The normalized spacial score (nSPS) is 23.9. The van der Waals surface area contributed by atoms with Gasteiger partial charge in [-0.2, -0.15) is 0 Å². The number of rotatable bonds is 5. The van der Waals surface area contributed by atoms with Crippen molar-refractivity contribution in [1.29, 1.82) is 0 Å². The van der Waals surface area contributed by atoms with E-state index in [1.165, 1.54) is 19.3 Å². The fraction of sp³-hybridized carbons (Fsp3) is 0.900. The van der Waals surface area contributed by atoms with Crippen LogP contribution in [0.1, 0.15) is 32.6 Å². The second-order valence-corrected chi connectivity index (χ2v) is 3.39. The molecule has 12 heavy (non-hydrogen) atoms. The van der Waals surface area contributed by atoms with E-state index in [1.807, 2.05) is 0 Å². The highest BCUT2D eigenvalue weighted by Crippen LogP contribution is 2.09. The van der Waals surface area contributed by atoms with E-state index in [-0.39, 0.29) is 0 Å². The Labute approximate surface area is 75.0 Å². The van der Waals surface area contributed by atoms with Crippen LogP contribution in [0.2, 0.25) is 0 Å². The lowest BCUT2D eigenvalue weighted by atomic mass is 10.1. The third kappa shape index (κ3) is 3.86. The molecule has 1 atom stereocenters. The zero-order valence-electron chi connectivity index (χ0n) is 7.96. The van der Waals surface area contributed by atoms with Gasteiger partial charge in [-0.3, -0.25) is 4.99 Å². The molecule has 70 valence electrons. The molecule has 0 N–H and O–H groups in total. The van der Waals surface area contributed by atoms with Gasteiger partial charge in [0.1, 0.15) is 0 Å². The van der Waals surface area contributed by atoms with E-state index in [4.69, 9.17) is 4.74 Å². The summed E-state index contributed by atoms with van der Waals surface area (Å²) in [4.78, 5) is 4.39. The van der Waals surface area contributed by atoms with E-state index in [1.54, 1.807) is 0 Å². The average molecular weight is 169 g/mol. The maximum absolute atomic E-state index is 5.24. The summed E-state index contributed by atoms with van der Waals surface area (Å²) in [5.41, 5.74) is 0. The number of ether oxygens (including phenoxy) is 1. The molecule has 2 heteroatoms. The molecule has 1 unspecified atom stereocenters. The number of nitrogens with zero attached hydrogens (tertiary/aromatic N) is 1. The van der Waals surface area contributed by atoms with Crippen molar-refractivity contribution < 1.29 is 4.74 Å². The first-order chi connectivity index (χ1) is 5.93. The van der Waals surface area contributed by atoms with E-state index in [0.29, 0.717) is 5.92 Å². The van der Waals surface area contributed by atoms with Crippen molar-refractivity contribution >= 4 is 6.21 Å². The highest BCUT2D eigenvalue weighted by molar-refractivity contribution is 5.61. The van der Waals surface area contributed by atoms with Crippen LogP contribution in [0.4, 0.5) is 0 Å². The standard InChI is InChI=1S/C10H19NO/c1-2-3-4-6-11-8-10-5-7-12-9-10/h8,10H,2-7,9H2,1H3. The monoisotopic (exact) mass is 169 g/mol. The quantitative estimate of drug-likeness (QED) is 0.457. The third-order valence-corrected chi connectivity index (χ3v) is 2.17. The van der Waals surface area contributed by atoms with E-state index >= 15 is 0 Å². The van der Waals surface area contributed by atoms with E-state index in [0.717, 1.165) is 26.2 Å². The molecule has 1 saturated heterocycles. The molecule has 1 fully saturated rings. The molecule has 0 amide bonds. The van der Waals surface area contributed by atoms with Crippen LogP contribution in [-0.4, -0.2) is 26.0 Å². The van der Waals surface area contributed by atoms with E-state index in [2.05, 4.69) is 18.1 Å². The van der Waals surface area contributed by atoms with Gasteiger partial charge in [0, 0.05) is 25.3 Å². The molecule has 0 bridgehead atoms. The summed E-state index contributed by atoms with van der Waals surface area (Å²) in [6.07, 6.45) is 7.07. The Balaban J connectivity index is 1.97. The summed E-state index contributed by atoms with van der Waals surface area (Å²) >= 11 is 0.